The van der Waals surface area contributed by atoms with Gasteiger partial charge in [-0.25, -0.2) is 0 Å². The molecular weight excluding hydrogens is 274 g/mol. The highest BCUT2D eigenvalue weighted by molar-refractivity contribution is 8.00. The van der Waals surface area contributed by atoms with Crippen molar-refractivity contribution in [3.63, 3.8) is 0 Å². The number of benzene rings is 1. The zero-order valence-corrected chi connectivity index (χ0v) is 13.3. The molecule has 1 nitrogen and oxygen atoms in total. The van der Waals surface area contributed by atoms with E-state index in [1.54, 1.807) is 0 Å². The minimum atomic E-state index is 0.288. The number of hydrogen-bond acceptors (Lipinski definition) is 2. The Morgan fingerprint density at radius 2 is 2.26 bits per heavy atom. The number of nitrogens with one attached hydrogen (secondary N) is 1. The second-order valence-corrected chi connectivity index (χ2v) is 8.33. The summed E-state index contributed by atoms with van der Waals surface area (Å²) in [5.74, 6) is 1.34. The molecule has 0 bridgehead atoms. The molecule has 1 fully saturated rings. The van der Waals surface area contributed by atoms with Crippen molar-refractivity contribution in [1.29, 1.82) is 0 Å². The standard InChI is InChI=1S/C16H22ClNS/c1-16(2)9-11-5-6-12(17)8-14(11)15(16)18-10-13-4-3-7-19-13/h5-6,8,13,15,18H,3-4,7,9-10H2,1-2H3. The molecule has 1 aliphatic heterocycles. The van der Waals surface area contributed by atoms with Crippen LogP contribution in [0, 0.1) is 5.41 Å². The fourth-order valence-corrected chi connectivity index (χ4v) is 4.84. The van der Waals surface area contributed by atoms with Gasteiger partial charge in [-0.15, -0.1) is 0 Å². The van der Waals surface area contributed by atoms with Crippen LogP contribution in [0.15, 0.2) is 18.2 Å². The van der Waals surface area contributed by atoms with Crippen molar-refractivity contribution in [2.45, 2.75) is 44.4 Å². The first kappa shape index (κ1) is 13.8. The third kappa shape index (κ3) is 2.81. The van der Waals surface area contributed by atoms with Crippen LogP contribution in [-0.4, -0.2) is 17.5 Å². The van der Waals surface area contributed by atoms with E-state index in [9.17, 15) is 0 Å². The predicted octanol–water partition coefficient (Wildman–Crippen LogP) is 4.45. The molecule has 1 heterocycles. The minimum absolute atomic E-state index is 0.288. The number of hydrogen-bond donors (Lipinski definition) is 1. The van der Waals surface area contributed by atoms with Gasteiger partial charge < -0.3 is 5.32 Å². The van der Waals surface area contributed by atoms with Crippen LogP contribution >= 0.6 is 23.4 Å². The van der Waals surface area contributed by atoms with Gasteiger partial charge in [0.05, 0.1) is 0 Å². The monoisotopic (exact) mass is 295 g/mol. The maximum Gasteiger partial charge on any atom is 0.0409 e. The molecule has 0 amide bonds. The molecule has 3 rings (SSSR count). The molecule has 0 spiro atoms. The van der Waals surface area contributed by atoms with Crippen molar-refractivity contribution in [1.82, 2.24) is 5.32 Å². The van der Waals surface area contributed by atoms with E-state index in [0.717, 1.165) is 23.2 Å². The van der Waals surface area contributed by atoms with E-state index in [1.165, 1.54) is 29.7 Å². The lowest BCUT2D eigenvalue weighted by Crippen LogP contribution is -2.34. The van der Waals surface area contributed by atoms with Gasteiger partial charge in [-0.2, -0.15) is 11.8 Å². The van der Waals surface area contributed by atoms with Gasteiger partial charge in [-0.1, -0.05) is 31.5 Å². The smallest absolute Gasteiger partial charge is 0.0409 e. The van der Waals surface area contributed by atoms with Crippen LogP contribution in [0.4, 0.5) is 0 Å². The molecule has 1 aliphatic carbocycles. The molecular formula is C16H22ClNS. The fraction of sp³-hybridized carbons (Fsp3) is 0.625. The van der Waals surface area contributed by atoms with E-state index in [4.69, 9.17) is 11.6 Å². The van der Waals surface area contributed by atoms with Crippen molar-refractivity contribution < 1.29 is 0 Å². The van der Waals surface area contributed by atoms with Gasteiger partial charge in [-0.05, 0) is 53.7 Å². The molecule has 2 unspecified atom stereocenters. The quantitative estimate of drug-likeness (QED) is 0.884. The molecule has 104 valence electrons. The molecule has 1 aromatic carbocycles. The summed E-state index contributed by atoms with van der Waals surface area (Å²) in [6.07, 6.45) is 3.90. The Hall–Kier alpha value is -0.180. The Labute approximate surface area is 125 Å². The van der Waals surface area contributed by atoms with E-state index in [1.807, 2.05) is 6.07 Å². The Kier molecular flexibility index (Phi) is 3.85. The van der Waals surface area contributed by atoms with Crippen LogP contribution in [0.25, 0.3) is 0 Å². The molecule has 2 atom stereocenters. The molecule has 0 aromatic heterocycles. The van der Waals surface area contributed by atoms with Gasteiger partial charge in [0.1, 0.15) is 0 Å². The second-order valence-electron chi connectivity index (χ2n) is 6.48. The number of halogens is 1. The summed E-state index contributed by atoms with van der Waals surface area (Å²) in [6.45, 7) is 5.85. The predicted molar refractivity (Wildman–Crippen MR) is 85.2 cm³/mol. The number of thioether (sulfide) groups is 1. The van der Waals surface area contributed by atoms with Crippen LogP contribution in [0.1, 0.15) is 43.9 Å². The first-order chi connectivity index (χ1) is 9.06. The lowest BCUT2D eigenvalue weighted by Gasteiger charge is -2.29. The second kappa shape index (κ2) is 5.31. The highest BCUT2D eigenvalue weighted by atomic mass is 35.5. The van der Waals surface area contributed by atoms with Gasteiger partial charge in [0, 0.05) is 22.9 Å². The Morgan fingerprint density at radius 3 is 3.00 bits per heavy atom. The SMILES string of the molecule is CC1(C)Cc2ccc(Cl)cc2C1NCC1CCCS1. The molecule has 3 heteroatoms. The Balaban J connectivity index is 1.77. The van der Waals surface area contributed by atoms with Crippen LogP contribution in [0.5, 0.6) is 0 Å². The van der Waals surface area contributed by atoms with Gasteiger partial charge in [0.2, 0.25) is 0 Å². The van der Waals surface area contributed by atoms with E-state index in [2.05, 4.69) is 43.1 Å². The third-order valence-corrected chi connectivity index (χ3v) is 6.05. The summed E-state index contributed by atoms with van der Waals surface area (Å²) in [7, 11) is 0. The summed E-state index contributed by atoms with van der Waals surface area (Å²) in [5, 5.41) is 5.48. The molecule has 1 saturated heterocycles. The van der Waals surface area contributed by atoms with Crippen molar-refractivity contribution in [2.24, 2.45) is 5.41 Å². The van der Waals surface area contributed by atoms with E-state index < -0.39 is 0 Å². The first-order valence-corrected chi connectivity index (χ1v) is 8.62. The van der Waals surface area contributed by atoms with Crippen LogP contribution in [0.2, 0.25) is 5.02 Å². The fourth-order valence-electron chi connectivity index (χ4n) is 3.45. The highest BCUT2D eigenvalue weighted by Crippen LogP contribution is 2.46. The average molecular weight is 296 g/mol. The van der Waals surface area contributed by atoms with Gasteiger partial charge in [-0.3, -0.25) is 0 Å². The van der Waals surface area contributed by atoms with Crippen molar-refractivity contribution in [3.05, 3.63) is 34.3 Å². The van der Waals surface area contributed by atoms with E-state index >= 15 is 0 Å². The minimum Gasteiger partial charge on any atom is -0.308 e. The van der Waals surface area contributed by atoms with Crippen LogP contribution in [0.3, 0.4) is 0 Å². The van der Waals surface area contributed by atoms with Crippen molar-refractivity contribution >= 4 is 23.4 Å². The molecule has 2 aliphatic rings. The zero-order valence-electron chi connectivity index (χ0n) is 11.7. The van der Waals surface area contributed by atoms with Crippen LogP contribution < -0.4 is 5.32 Å². The molecule has 19 heavy (non-hydrogen) atoms. The topological polar surface area (TPSA) is 12.0 Å². The Bertz CT molecular complexity index is 466. The third-order valence-electron chi connectivity index (χ3n) is 4.42. The van der Waals surface area contributed by atoms with Gasteiger partial charge >= 0.3 is 0 Å². The molecule has 0 saturated carbocycles. The Morgan fingerprint density at radius 1 is 1.42 bits per heavy atom. The van der Waals surface area contributed by atoms with Gasteiger partial charge in [0.25, 0.3) is 0 Å². The first-order valence-electron chi connectivity index (χ1n) is 7.19. The summed E-state index contributed by atoms with van der Waals surface area (Å²) >= 11 is 8.30. The molecule has 1 aromatic rings. The maximum absolute atomic E-state index is 6.18. The lowest BCUT2D eigenvalue weighted by atomic mass is 9.85. The van der Waals surface area contributed by atoms with Crippen LogP contribution in [-0.2, 0) is 6.42 Å². The molecule has 1 N–H and O–H groups in total. The maximum atomic E-state index is 6.18. The van der Waals surface area contributed by atoms with Crippen molar-refractivity contribution in [2.75, 3.05) is 12.3 Å². The summed E-state index contributed by atoms with van der Waals surface area (Å²) in [4.78, 5) is 0. The average Bonchev–Trinajstić information content (AvgIpc) is 2.92. The highest BCUT2D eigenvalue weighted by Gasteiger charge is 2.39. The molecule has 0 radical (unpaired) electrons. The van der Waals surface area contributed by atoms with Crippen molar-refractivity contribution in [3.8, 4) is 0 Å². The largest absolute Gasteiger partial charge is 0.308 e. The summed E-state index contributed by atoms with van der Waals surface area (Å²) in [6, 6.07) is 6.82. The number of fused-ring (bicyclic) bond motifs is 1. The number of rotatable bonds is 3. The van der Waals surface area contributed by atoms with E-state index in [0.29, 0.717) is 6.04 Å². The normalized spacial score (nSPS) is 28.6. The van der Waals surface area contributed by atoms with Gasteiger partial charge in [0.15, 0.2) is 0 Å². The summed E-state index contributed by atoms with van der Waals surface area (Å²) < 4.78 is 0. The zero-order chi connectivity index (χ0) is 13.5. The van der Waals surface area contributed by atoms with E-state index in [-0.39, 0.29) is 5.41 Å². The lowest BCUT2D eigenvalue weighted by molar-refractivity contribution is 0.270. The summed E-state index contributed by atoms with van der Waals surface area (Å²) in [5.41, 5.74) is 3.17.